The number of hydrogen-bond donors (Lipinski definition) is 1. The fourth-order valence-electron chi connectivity index (χ4n) is 3.66. The molecule has 2 amide bonds. The second-order valence-electron chi connectivity index (χ2n) is 8.61. The van der Waals surface area contributed by atoms with Gasteiger partial charge in [0, 0.05) is 26.1 Å². The molecule has 0 saturated carbocycles. The number of amides is 2. The summed E-state index contributed by atoms with van der Waals surface area (Å²) < 4.78 is 44.5. The van der Waals surface area contributed by atoms with E-state index in [0.717, 1.165) is 19.1 Å². The van der Waals surface area contributed by atoms with Crippen molar-refractivity contribution in [2.75, 3.05) is 30.8 Å². The van der Waals surface area contributed by atoms with Crippen LogP contribution in [0, 0.1) is 5.82 Å². The molecular formula is C26H36FN3O5S. The standard InChI is InChI=1S/C26H36FN3O5S/c1-5-6-17-28-26(32)20(2)29(19-21-9-11-22(27)12-10-21)25(31)8-7-18-30(36(4,33)34)23-13-15-24(35-3)16-14-23/h9-16,20H,5-8,17-19H2,1-4H3,(H,28,32)/t20-/m0/s1. The summed E-state index contributed by atoms with van der Waals surface area (Å²) in [5.41, 5.74) is 1.16. The van der Waals surface area contributed by atoms with Crippen molar-refractivity contribution in [1.29, 1.82) is 0 Å². The fraction of sp³-hybridized carbons (Fsp3) is 0.462. The lowest BCUT2D eigenvalue weighted by molar-refractivity contribution is -0.140. The van der Waals surface area contributed by atoms with Crippen LogP contribution in [0.25, 0.3) is 0 Å². The molecule has 0 fully saturated rings. The van der Waals surface area contributed by atoms with Crippen LogP contribution in [0.5, 0.6) is 5.75 Å². The number of carbonyl (C=O) groups is 2. The highest BCUT2D eigenvalue weighted by Crippen LogP contribution is 2.22. The molecule has 0 aliphatic heterocycles. The first-order valence-corrected chi connectivity index (χ1v) is 13.8. The van der Waals surface area contributed by atoms with Gasteiger partial charge in [0.25, 0.3) is 0 Å². The van der Waals surface area contributed by atoms with Gasteiger partial charge in [-0.2, -0.15) is 0 Å². The Morgan fingerprint density at radius 1 is 1.06 bits per heavy atom. The number of sulfonamides is 1. The Kier molecular flexibility index (Phi) is 11.2. The molecular weight excluding hydrogens is 485 g/mol. The number of methoxy groups -OCH3 is 1. The second kappa shape index (κ2) is 13.8. The number of rotatable bonds is 14. The van der Waals surface area contributed by atoms with E-state index in [2.05, 4.69) is 5.32 Å². The molecule has 1 atom stereocenters. The van der Waals surface area contributed by atoms with Crippen molar-refractivity contribution in [1.82, 2.24) is 10.2 Å². The monoisotopic (exact) mass is 521 g/mol. The highest BCUT2D eigenvalue weighted by atomic mass is 32.2. The molecule has 0 aromatic heterocycles. The molecule has 0 radical (unpaired) electrons. The Labute approximate surface area is 213 Å². The minimum absolute atomic E-state index is 0.0376. The summed E-state index contributed by atoms with van der Waals surface area (Å²) >= 11 is 0. The maximum absolute atomic E-state index is 13.4. The smallest absolute Gasteiger partial charge is 0.242 e. The molecule has 198 valence electrons. The fourth-order valence-corrected chi connectivity index (χ4v) is 4.62. The molecule has 1 N–H and O–H groups in total. The summed E-state index contributed by atoms with van der Waals surface area (Å²) in [6.45, 7) is 4.42. The Morgan fingerprint density at radius 3 is 2.25 bits per heavy atom. The van der Waals surface area contributed by atoms with Gasteiger partial charge < -0.3 is 15.0 Å². The van der Waals surface area contributed by atoms with Crippen molar-refractivity contribution < 1.29 is 27.1 Å². The Balaban J connectivity index is 2.13. The number of unbranched alkanes of at least 4 members (excludes halogenated alkanes) is 1. The summed E-state index contributed by atoms with van der Waals surface area (Å²) in [6, 6.07) is 11.7. The van der Waals surface area contributed by atoms with E-state index in [1.807, 2.05) is 6.92 Å². The number of carbonyl (C=O) groups excluding carboxylic acids is 2. The van der Waals surface area contributed by atoms with Gasteiger partial charge >= 0.3 is 0 Å². The molecule has 0 aliphatic rings. The number of halogens is 1. The van der Waals surface area contributed by atoms with Gasteiger partial charge in [-0.05, 0) is 61.7 Å². The number of nitrogens with zero attached hydrogens (tertiary/aromatic N) is 2. The van der Waals surface area contributed by atoms with Gasteiger partial charge in [0.15, 0.2) is 0 Å². The SMILES string of the molecule is CCCCNC(=O)[C@H](C)N(Cc1ccc(F)cc1)C(=O)CCCN(c1ccc(OC)cc1)S(C)(=O)=O. The van der Waals surface area contributed by atoms with E-state index in [-0.39, 0.29) is 43.6 Å². The van der Waals surface area contributed by atoms with Crippen molar-refractivity contribution >= 4 is 27.5 Å². The average Bonchev–Trinajstić information content (AvgIpc) is 2.85. The van der Waals surface area contributed by atoms with Crippen molar-refractivity contribution in [3.8, 4) is 5.75 Å². The largest absolute Gasteiger partial charge is 0.497 e. The van der Waals surface area contributed by atoms with E-state index in [1.54, 1.807) is 43.3 Å². The van der Waals surface area contributed by atoms with Crippen LogP contribution < -0.4 is 14.4 Å². The van der Waals surface area contributed by atoms with Gasteiger partial charge in [0.05, 0.1) is 19.1 Å². The lowest BCUT2D eigenvalue weighted by Crippen LogP contribution is -2.48. The predicted octanol–water partition coefficient (Wildman–Crippen LogP) is 3.71. The maximum atomic E-state index is 13.4. The van der Waals surface area contributed by atoms with Gasteiger partial charge in [0.1, 0.15) is 17.6 Å². The number of benzene rings is 2. The number of hydrogen-bond acceptors (Lipinski definition) is 5. The van der Waals surface area contributed by atoms with Crippen molar-refractivity contribution in [3.05, 3.63) is 59.9 Å². The average molecular weight is 522 g/mol. The second-order valence-corrected chi connectivity index (χ2v) is 10.5. The van der Waals surface area contributed by atoms with Gasteiger partial charge in [-0.3, -0.25) is 13.9 Å². The molecule has 0 aliphatic carbocycles. The molecule has 36 heavy (non-hydrogen) atoms. The van der Waals surface area contributed by atoms with Gasteiger partial charge in [-0.15, -0.1) is 0 Å². The molecule has 0 unspecified atom stereocenters. The zero-order valence-corrected chi connectivity index (χ0v) is 22.2. The molecule has 0 heterocycles. The first-order chi connectivity index (χ1) is 17.1. The summed E-state index contributed by atoms with van der Waals surface area (Å²) in [4.78, 5) is 27.4. The molecule has 2 aromatic rings. The molecule has 0 bridgehead atoms. The third-order valence-electron chi connectivity index (χ3n) is 5.78. The third-order valence-corrected chi connectivity index (χ3v) is 6.97. The zero-order valence-electron chi connectivity index (χ0n) is 21.4. The molecule has 0 saturated heterocycles. The van der Waals surface area contributed by atoms with Gasteiger partial charge in [-0.25, -0.2) is 12.8 Å². The van der Waals surface area contributed by atoms with Crippen molar-refractivity contribution in [2.24, 2.45) is 0 Å². The minimum atomic E-state index is -3.58. The van der Waals surface area contributed by atoms with Crippen LogP contribution in [-0.2, 0) is 26.2 Å². The molecule has 8 nitrogen and oxygen atoms in total. The first kappa shape index (κ1) is 29.1. The third kappa shape index (κ3) is 8.82. The Morgan fingerprint density at radius 2 is 1.69 bits per heavy atom. The van der Waals surface area contributed by atoms with Crippen LogP contribution in [0.4, 0.5) is 10.1 Å². The molecule has 2 rings (SSSR count). The molecule has 10 heteroatoms. The molecule has 2 aromatic carbocycles. The van der Waals surface area contributed by atoms with E-state index >= 15 is 0 Å². The highest BCUT2D eigenvalue weighted by Gasteiger charge is 2.26. The number of nitrogens with one attached hydrogen (secondary N) is 1. The number of ether oxygens (including phenoxy) is 1. The Hall–Kier alpha value is -3.14. The predicted molar refractivity (Wildman–Crippen MR) is 139 cm³/mol. The van der Waals surface area contributed by atoms with E-state index in [9.17, 15) is 22.4 Å². The van der Waals surface area contributed by atoms with E-state index in [4.69, 9.17) is 4.74 Å². The van der Waals surface area contributed by atoms with E-state index in [0.29, 0.717) is 23.5 Å². The van der Waals surface area contributed by atoms with Gasteiger partial charge in [-0.1, -0.05) is 25.5 Å². The molecule has 0 spiro atoms. The van der Waals surface area contributed by atoms with E-state index in [1.165, 1.54) is 28.4 Å². The zero-order chi connectivity index (χ0) is 26.7. The normalized spacial score (nSPS) is 12.0. The van der Waals surface area contributed by atoms with Crippen LogP contribution >= 0.6 is 0 Å². The minimum Gasteiger partial charge on any atom is -0.497 e. The van der Waals surface area contributed by atoms with E-state index < -0.39 is 16.1 Å². The van der Waals surface area contributed by atoms with Gasteiger partial charge in [0.2, 0.25) is 21.8 Å². The lowest BCUT2D eigenvalue weighted by atomic mass is 10.1. The summed E-state index contributed by atoms with van der Waals surface area (Å²) in [6.07, 6.45) is 3.16. The van der Waals surface area contributed by atoms with Crippen LogP contribution in [0.2, 0.25) is 0 Å². The maximum Gasteiger partial charge on any atom is 0.242 e. The summed E-state index contributed by atoms with van der Waals surface area (Å²) in [5.74, 6) is -0.345. The quantitative estimate of drug-likeness (QED) is 0.383. The Bertz CT molecular complexity index is 1090. The van der Waals surface area contributed by atoms with Crippen LogP contribution in [-0.4, -0.2) is 57.6 Å². The number of anilines is 1. The highest BCUT2D eigenvalue weighted by molar-refractivity contribution is 7.92. The van der Waals surface area contributed by atoms with Crippen molar-refractivity contribution in [3.63, 3.8) is 0 Å². The topological polar surface area (TPSA) is 96.0 Å². The van der Waals surface area contributed by atoms with Crippen LogP contribution in [0.3, 0.4) is 0 Å². The lowest BCUT2D eigenvalue weighted by Gasteiger charge is -2.29. The first-order valence-electron chi connectivity index (χ1n) is 12.0. The van der Waals surface area contributed by atoms with Crippen LogP contribution in [0.15, 0.2) is 48.5 Å². The summed E-state index contributed by atoms with van der Waals surface area (Å²) in [7, 11) is -2.06. The summed E-state index contributed by atoms with van der Waals surface area (Å²) in [5, 5.41) is 2.85. The van der Waals surface area contributed by atoms with Crippen LogP contribution in [0.1, 0.15) is 45.1 Å². The van der Waals surface area contributed by atoms with Crippen molar-refractivity contribution in [2.45, 2.75) is 52.1 Å².